The van der Waals surface area contributed by atoms with Crippen molar-refractivity contribution in [2.45, 2.75) is 30.7 Å². The van der Waals surface area contributed by atoms with Gasteiger partial charge in [0.15, 0.2) is 5.58 Å². The minimum Gasteiger partial charge on any atom is -0.408 e. The number of fused-ring (bicyclic) bond motifs is 2. The molecule has 1 saturated heterocycles. The number of nitrogens with one attached hydrogen (secondary N) is 1. The zero-order valence-corrected chi connectivity index (χ0v) is 15.7. The predicted molar refractivity (Wildman–Crippen MR) is 99.6 cm³/mol. The molecule has 0 saturated carbocycles. The molecule has 1 aromatic carbocycles. The first-order valence-corrected chi connectivity index (χ1v) is 10.6. The highest BCUT2D eigenvalue weighted by Crippen LogP contribution is 2.27. The Morgan fingerprint density at radius 3 is 2.82 bits per heavy atom. The summed E-state index contributed by atoms with van der Waals surface area (Å²) >= 11 is 0. The van der Waals surface area contributed by atoms with Crippen LogP contribution in [0.4, 0.5) is 0 Å². The van der Waals surface area contributed by atoms with Crippen molar-refractivity contribution in [1.82, 2.24) is 19.1 Å². The van der Waals surface area contributed by atoms with Crippen LogP contribution >= 0.6 is 0 Å². The molecule has 28 heavy (non-hydrogen) atoms. The van der Waals surface area contributed by atoms with Crippen molar-refractivity contribution in [2.24, 2.45) is 5.92 Å². The largest absolute Gasteiger partial charge is 0.417 e. The average molecular weight is 402 g/mol. The number of rotatable bonds is 4. The highest BCUT2D eigenvalue weighted by molar-refractivity contribution is 7.89. The van der Waals surface area contributed by atoms with Crippen LogP contribution in [0.3, 0.4) is 0 Å². The van der Waals surface area contributed by atoms with E-state index in [0.29, 0.717) is 30.7 Å². The summed E-state index contributed by atoms with van der Waals surface area (Å²) < 4.78 is 33.3. The molecule has 5 rings (SSSR count). The van der Waals surface area contributed by atoms with Gasteiger partial charge in [0.25, 0.3) is 5.56 Å². The van der Waals surface area contributed by atoms with Crippen LogP contribution in [-0.2, 0) is 29.4 Å². The summed E-state index contributed by atoms with van der Waals surface area (Å²) in [7, 11) is -3.67. The van der Waals surface area contributed by atoms with E-state index in [1.54, 1.807) is 6.07 Å². The van der Waals surface area contributed by atoms with Gasteiger partial charge in [0.2, 0.25) is 10.0 Å². The molecule has 0 unspecified atom stereocenters. The molecule has 146 valence electrons. The standard InChI is InChI=1S/C18H18N4O5S/c23-17-6-12-2-1-3-14(12)20-22(17)10-11-8-21(9-11)28(25,26)13-4-5-16-15(7-13)19-18(24)27-16/h4-7,11H,1-3,8-10H2,(H,19,24). The molecule has 3 aromatic rings. The van der Waals surface area contributed by atoms with Crippen molar-refractivity contribution >= 4 is 21.1 Å². The van der Waals surface area contributed by atoms with E-state index in [4.69, 9.17) is 4.42 Å². The van der Waals surface area contributed by atoms with Crippen molar-refractivity contribution < 1.29 is 12.8 Å². The third kappa shape index (κ3) is 2.80. The van der Waals surface area contributed by atoms with Crippen LogP contribution < -0.4 is 11.3 Å². The van der Waals surface area contributed by atoms with Gasteiger partial charge in [-0.25, -0.2) is 17.9 Å². The Hall–Kier alpha value is -2.72. The topological polar surface area (TPSA) is 118 Å². The van der Waals surface area contributed by atoms with E-state index < -0.39 is 15.8 Å². The SMILES string of the molecule is O=c1[nH]c2cc(S(=O)(=O)N3CC(Cn4nc5c(cc4=O)CCC5)C3)ccc2o1. The van der Waals surface area contributed by atoms with Crippen molar-refractivity contribution in [3.05, 3.63) is 56.4 Å². The van der Waals surface area contributed by atoms with Crippen molar-refractivity contribution in [1.29, 1.82) is 0 Å². The maximum atomic E-state index is 12.8. The second-order valence-corrected chi connectivity index (χ2v) is 9.29. The molecule has 1 fully saturated rings. The Bertz CT molecular complexity index is 1300. The average Bonchev–Trinajstić information content (AvgIpc) is 3.21. The van der Waals surface area contributed by atoms with Gasteiger partial charge < -0.3 is 4.42 Å². The van der Waals surface area contributed by atoms with E-state index in [1.807, 2.05) is 0 Å². The normalized spacial score (nSPS) is 17.7. The lowest BCUT2D eigenvalue weighted by atomic mass is 10.0. The molecule has 3 heterocycles. The van der Waals surface area contributed by atoms with E-state index in [1.165, 1.54) is 27.2 Å². The molecule has 0 atom stereocenters. The number of oxazole rings is 1. The lowest BCUT2D eigenvalue weighted by Crippen LogP contribution is -2.52. The number of aryl methyl sites for hydroxylation is 2. The molecule has 0 spiro atoms. The van der Waals surface area contributed by atoms with Crippen LogP contribution in [-0.4, -0.2) is 40.6 Å². The summed E-state index contributed by atoms with van der Waals surface area (Å²) in [4.78, 5) is 26.0. The number of hydrogen-bond donors (Lipinski definition) is 1. The number of sulfonamides is 1. The van der Waals surface area contributed by atoms with Gasteiger partial charge in [0.1, 0.15) is 0 Å². The Labute approximate surface area is 159 Å². The van der Waals surface area contributed by atoms with Gasteiger partial charge in [-0.2, -0.15) is 9.40 Å². The van der Waals surface area contributed by atoms with Crippen LogP contribution in [0, 0.1) is 5.92 Å². The second-order valence-electron chi connectivity index (χ2n) is 7.35. The summed E-state index contributed by atoms with van der Waals surface area (Å²) in [5.41, 5.74) is 2.54. The smallest absolute Gasteiger partial charge is 0.408 e. The quantitative estimate of drug-likeness (QED) is 0.678. The molecule has 1 aliphatic heterocycles. The van der Waals surface area contributed by atoms with Gasteiger partial charge in [-0.1, -0.05) is 0 Å². The Morgan fingerprint density at radius 2 is 2.00 bits per heavy atom. The summed E-state index contributed by atoms with van der Waals surface area (Å²) in [6, 6.07) is 5.94. The first-order valence-electron chi connectivity index (χ1n) is 9.13. The monoisotopic (exact) mass is 402 g/mol. The first-order chi connectivity index (χ1) is 13.4. The van der Waals surface area contributed by atoms with E-state index in [9.17, 15) is 18.0 Å². The Kier molecular flexibility index (Phi) is 3.81. The summed E-state index contributed by atoms with van der Waals surface area (Å²) in [5.74, 6) is -0.585. The number of aromatic amines is 1. The fourth-order valence-corrected chi connectivity index (χ4v) is 5.51. The third-order valence-electron chi connectivity index (χ3n) is 5.41. The highest BCUT2D eigenvalue weighted by atomic mass is 32.2. The van der Waals surface area contributed by atoms with E-state index in [0.717, 1.165) is 30.5 Å². The molecular formula is C18H18N4O5S. The van der Waals surface area contributed by atoms with Gasteiger partial charge in [-0.3, -0.25) is 9.78 Å². The van der Waals surface area contributed by atoms with Gasteiger partial charge in [0, 0.05) is 25.1 Å². The van der Waals surface area contributed by atoms with E-state index in [-0.39, 0.29) is 16.4 Å². The van der Waals surface area contributed by atoms with Crippen molar-refractivity contribution in [3.63, 3.8) is 0 Å². The highest BCUT2D eigenvalue weighted by Gasteiger charge is 2.37. The summed E-state index contributed by atoms with van der Waals surface area (Å²) in [5, 5.41) is 4.45. The minimum absolute atomic E-state index is 0.0388. The van der Waals surface area contributed by atoms with Crippen molar-refractivity contribution in [2.75, 3.05) is 13.1 Å². The number of nitrogens with zero attached hydrogens (tertiary/aromatic N) is 3. The summed E-state index contributed by atoms with van der Waals surface area (Å²) in [6.07, 6.45) is 2.81. The molecular weight excluding hydrogens is 384 g/mol. The Morgan fingerprint density at radius 1 is 1.18 bits per heavy atom. The molecule has 10 heteroatoms. The van der Waals surface area contributed by atoms with Gasteiger partial charge in [-0.05, 0) is 43.0 Å². The van der Waals surface area contributed by atoms with Crippen LogP contribution in [0.25, 0.3) is 11.1 Å². The van der Waals surface area contributed by atoms with Gasteiger partial charge in [-0.15, -0.1) is 0 Å². The maximum absolute atomic E-state index is 12.8. The molecule has 1 aliphatic carbocycles. The number of aromatic nitrogens is 3. The zero-order valence-electron chi connectivity index (χ0n) is 14.9. The van der Waals surface area contributed by atoms with Crippen LogP contribution in [0.15, 0.2) is 43.2 Å². The fraction of sp³-hybridized carbons (Fsp3) is 0.389. The molecule has 2 aliphatic rings. The van der Waals surface area contributed by atoms with Crippen LogP contribution in [0.5, 0.6) is 0 Å². The lowest BCUT2D eigenvalue weighted by Gasteiger charge is -2.38. The van der Waals surface area contributed by atoms with Crippen LogP contribution in [0.2, 0.25) is 0 Å². The summed E-state index contributed by atoms with van der Waals surface area (Å²) in [6.45, 7) is 1.06. The number of benzene rings is 1. The fourth-order valence-electron chi connectivity index (χ4n) is 3.89. The zero-order chi connectivity index (χ0) is 19.5. The van der Waals surface area contributed by atoms with Gasteiger partial charge in [0.05, 0.1) is 22.7 Å². The van der Waals surface area contributed by atoms with Crippen LogP contribution in [0.1, 0.15) is 17.7 Å². The minimum atomic E-state index is -3.67. The van der Waals surface area contributed by atoms with E-state index in [2.05, 4.69) is 10.1 Å². The number of H-pyrrole nitrogens is 1. The predicted octanol–water partition coefficient (Wildman–Crippen LogP) is 0.487. The maximum Gasteiger partial charge on any atom is 0.417 e. The molecule has 0 bridgehead atoms. The molecule has 2 aromatic heterocycles. The van der Waals surface area contributed by atoms with E-state index >= 15 is 0 Å². The molecule has 0 amide bonds. The number of hydrogen-bond acceptors (Lipinski definition) is 6. The third-order valence-corrected chi connectivity index (χ3v) is 7.23. The lowest BCUT2D eigenvalue weighted by molar-refractivity contribution is 0.172. The first kappa shape index (κ1) is 17.4. The van der Waals surface area contributed by atoms with Crippen molar-refractivity contribution in [3.8, 4) is 0 Å². The second kappa shape index (κ2) is 6.14. The van der Waals surface area contributed by atoms with Gasteiger partial charge >= 0.3 is 5.76 Å². The molecule has 9 nitrogen and oxygen atoms in total. The molecule has 1 N–H and O–H groups in total. The molecule has 0 radical (unpaired) electrons. The Balaban J connectivity index is 1.32.